The maximum absolute atomic E-state index is 13.3. The first-order valence-electron chi connectivity index (χ1n) is 14.7. The van der Waals surface area contributed by atoms with E-state index in [9.17, 15) is 14.7 Å². The van der Waals surface area contributed by atoms with Crippen LogP contribution in [0, 0.1) is 0 Å². The molecule has 4 aromatic carbocycles. The molecule has 5 aromatic rings. The molecule has 0 bridgehead atoms. The average molecular weight is 623 g/mol. The third-order valence-electron chi connectivity index (χ3n) is 7.42. The number of pyridine rings is 1. The first-order valence-corrected chi connectivity index (χ1v) is 15.1. The molecule has 0 saturated heterocycles. The van der Waals surface area contributed by atoms with Gasteiger partial charge in [0.15, 0.2) is 0 Å². The van der Waals surface area contributed by atoms with E-state index >= 15 is 0 Å². The maximum atomic E-state index is 13.3. The van der Waals surface area contributed by atoms with Gasteiger partial charge in [-0.1, -0.05) is 68.8 Å². The van der Waals surface area contributed by atoms with Gasteiger partial charge in [0.25, 0.3) is 5.91 Å². The van der Waals surface area contributed by atoms with Crippen molar-refractivity contribution in [2.24, 2.45) is 0 Å². The molecule has 1 heterocycles. The predicted octanol–water partition coefficient (Wildman–Crippen LogP) is 8.55. The van der Waals surface area contributed by atoms with Crippen LogP contribution in [0.25, 0.3) is 10.8 Å². The molecule has 0 fully saturated rings. The molecule has 1 atom stereocenters. The number of nitrogens with one attached hydrogen (secondary N) is 1. The first-order chi connectivity index (χ1) is 21.5. The van der Waals surface area contributed by atoms with Crippen LogP contribution in [0.4, 0.5) is 0 Å². The van der Waals surface area contributed by atoms with E-state index in [1.807, 2.05) is 54.6 Å². The maximum Gasteiger partial charge on any atom is 0.305 e. The van der Waals surface area contributed by atoms with E-state index in [2.05, 4.69) is 43.2 Å². The summed E-state index contributed by atoms with van der Waals surface area (Å²) in [6.07, 6.45) is 2.05. The Labute approximate surface area is 267 Å². The summed E-state index contributed by atoms with van der Waals surface area (Å²) in [6, 6.07) is 29.2. The summed E-state index contributed by atoms with van der Waals surface area (Å²) < 4.78 is 11.9. The number of nitrogens with zero attached hydrogens (tertiary/aromatic N) is 1. The van der Waals surface area contributed by atoms with Crippen molar-refractivity contribution in [3.63, 3.8) is 0 Å². The number of benzene rings is 4. The van der Waals surface area contributed by atoms with Gasteiger partial charge in [0.2, 0.25) is 0 Å². The number of hydrogen-bond acceptors (Lipinski definition) is 5. The van der Waals surface area contributed by atoms with Crippen LogP contribution in [0.2, 0.25) is 5.02 Å². The van der Waals surface area contributed by atoms with Crippen molar-refractivity contribution in [2.45, 2.75) is 45.1 Å². The Morgan fingerprint density at radius 1 is 0.844 bits per heavy atom. The van der Waals surface area contributed by atoms with Crippen LogP contribution >= 0.6 is 11.6 Å². The Morgan fingerprint density at radius 3 is 2.18 bits per heavy atom. The second kappa shape index (κ2) is 13.8. The molecule has 230 valence electrons. The van der Waals surface area contributed by atoms with Gasteiger partial charge in [-0.3, -0.25) is 14.6 Å². The number of fused-ring (bicyclic) bond motifs is 1. The molecule has 0 radical (unpaired) electrons. The molecule has 1 unspecified atom stereocenters. The summed E-state index contributed by atoms with van der Waals surface area (Å²) in [4.78, 5) is 29.3. The number of amides is 1. The van der Waals surface area contributed by atoms with Crippen molar-refractivity contribution < 1.29 is 24.2 Å². The molecular weight excluding hydrogens is 588 g/mol. The Hall–Kier alpha value is -4.88. The molecule has 0 saturated carbocycles. The van der Waals surface area contributed by atoms with Crippen molar-refractivity contribution in [3.05, 3.63) is 131 Å². The summed E-state index contributed by atoms with van der Waals surface area (Å²) in [6.45, 7) is 6.96. The van der Waals surface area contributed by atoms with Gasteiger partial charge in [-0.2, -0.15) is 0 Å². The van der Waals surface area contributed by atoms with Crippen LogP contribution in [0.5, 0.6) is 17.2 Å². The van der Waals surface area contributed by atoms with Crippen LogP contribution in [-0.4, -0.2) is 28.6 Å². The first kappa shape index (κ1) is 31.5. The molecule has 0 aliphatic rings. The highest BCUT2D eigenvalue weighted by atomic mass is 35.5. The van der Waals surface area contributed by atoms with Gasteiger partial charge in [-0.15, -0.1) is 0 Å². The number of carbonyl (C=O) groups is 2. The molecule has 0 aliphatic carbocycles. The van der Waals surface area contributed by atoms with Crippen LogP contribution in [0.15, 0.2) is 103 Å². The Kier molecular flexibility index (Phi) is 9.69. The molecule has 1 amide bonds. The largest absolute Gasteiger partial charge is 0.493 e. The summed E-state index contributed by atoms with van der Waals surface area (Å²) in [5.41, 5.74) is 3.19. The fraction of sp³-hybridized carbons (Fsp3) is 0.216. The Bertz CT molecular complexity index is 1780. The topological polar surface area (TPSA) is 97.8 Å². The number of halogens is 1. The van der Waals surface area contributed by atoms with E-state index in [0.717, 1.165) is 16.3 Å². The van der Waals surface area contributed by atoms with Crippen molar-refractivity contribution in [3.8, 4) is 17.2 Å². The molecule has 5 rings (SSSR count). The highest BCUT2D eigenvalue weighted by molar-refractivity contribution is 6.30. The van der Waals surface area contributed by atoms with E-state index in [1.165, 1.54) is 5.56 Å². The second-order valence-corrected chi connectivity index (χ2v) is 12.3. The van der Waals surface area contributed by atoms with Crippen LogP contribution in [0.1, 0.15) is 60.4 Å². The number of carboxylic acids is 1. The molecular formula is C37H35ClN2O5. The number of aliphatic carboxylic acids is 1. The number of carboxylic acid groups (broad SMARTS) is 1. The van der Waals surface area contributed by atoms with Gasteiger partial charge in [-0.25, -0.2) is 0 Å². The lowest BCUT2D eigenvalue weighted by Crippen LogP contribution is -2.30. The number of carbonyl (C=O) groups excluding carboxylic acids is 1. The second-order valence-electron chi connectivity index (χ2n) is 11.9. The Morgan fingerprint density at radius 2 is 1.51 bits per heavy atom. The minimum Gasteiger partial charge on any atom is -0.493 e. The lowest BCUT2D eigenvalue weighted by molar-refractivity contribution is -0.137. The summed E-state index contributed by atoms with van der Waals surface area (Å²) in [7, 11) is 0. The van der Waals surface area contributed by atoms with Crippen LogP contribution in [0.3, 0.4) is 0 Å². The van der Waals surface area contributed by atoms with Crippen molar-refractivity contribution in [1.29, 1.82) is 0 Å². The molecule has 0 aliphatic heterocycles. The van der Waals surface area contributed by atoms with E-state index < -0.39 is 17.9 Å². The van der Waals surface area contributed by atoms with E-state index in [4.69, 9.17) is 21.1 Å². The van der Waals surface area contributed by atoms with Gasteiger partial charge in [0.1, 0.15) is 22.9 Å². The number of aromatic nitrogens is 1. The molecule has 7 nitrogen and oxygen atoms in total. The van der Waals surface area contributed by atoms with Gasteiger partial charge < -0.3 is 19.9 Å². The quantitative estimate of drug-likeness (QED) is 0.153. The van der Waals surface area contributed by atoms with Crippen LogP contribution in [-0.2, 0) is 16.6 Å². The van der Waals surface area contributed by atoms with E-state index in [1.54, 1.807) is 36.5 Å². The Balaban J connectivity index is 1.25. The molecule has 45 heavy (non-hydrogen) atoms. The van der Waals surface area contributed by atoms with Crippen molar-refractivity contribution in [2.75, 3.05) is 6.61 Å². The fourth-order valence-corrected chi connectivity index (χ4v) is 4.98. The SMILES string of the molecule is CC(C)(C)c1ccc(Oc2ccc3cnc(C(=O)NC(CC(=O)O)c4ccc(OCCc5ccc(Cl)cc5)cc4)cc3c2)cc1. The molecule has 2 N–H and O–H groups in total. The zero-order valence-electron chi connectivity index (χ0n) is 25.4. The molecule has 8 heteroatoms. The lowest BCUT2D eigenvalue weighted by Gasteiger charge is -2.19. The molecule has 0 spiro atoms. The monoisotopic (exact) mass is 622 g/mol. The van der Waals surface area contributed by atoms with E-state index in [-0.39, 0.29) is 17.5 Å². The van der Waals surface area contributed by atoms with Crippen molar-refractivity contribution in [1.82, 2.24) is 10.3 Å². The third kappa shape index (κ3) is 8.61. The molecule has 1 aromatic heterocycles. The summed E-state index contributed by atoms with van der Waals surface area (Å²) in [5.74, 6) is 0.474. The normalized spacial score (nSPS) is 12.0. The predicted molar refractivity (Wildman–Crippen MR) is 177 cm³/mol. The van der Waals surface area contributed by atoms with Crippen LogP contribution < -0.4 is 14.8 Å². The third-order valence-corrected chi connectivity index (χ3v) is 7.67. The zero-order valence-corrected chi connectivity index (χ0v) is 26.2. The lowest BCUT2D eigenvalue weighted by atomic mass is 9.87. The average Bonchev–Trinajstić information content (AvgIpc) is 3.01. The van der Waals surface area contributed by atoms with Gasteiger partial charge in [0.05, 0.1) is 19.1 Å². The highest BCUT2D eigenvalue weighted by Gasteiger charge is 2.20. The highest BCUT2D eigenvalue weighted by Crippen LogP contribution is 2.29. The zero-order chi connectivity index (χ0) is 32.0. The van der Waals surface area contributed by atoms with Gasteiger partial charge in [0, 0.05) is 23.0 Å². The van der Waals surface area contributed by atoms with Gasteiger partial charge in [-0.05, 0) is 88.2 Å². The summed E-state index contributed by atoms with van der Waals surface area (Å²) in [5, 5.41) is 14.7. The minimum atomic E-state index is -1.03. The van der Waals surface area contributed by atoms with Crippen molar-refractivity contribution >= 4 is 34.2 Å². The number of ether oxygens (including phenoxy) is 2. The van der Waals surface area contributed by atoms with E-state index in [0.29, 0.717) is 40.9 Å². The smallest absolute Gasteiger partial charge is 0.305 e. The standard InChI is InChI=1S/C37H35ClN2O5/c1-37(2,3)28-9-16-31(17-10-28)45-32-15-8-26-23-39-34(21-27(26)20-32)36(43)40-33(22-35(41)42)25-6-13-30(14-7-25)44-19-18-24-4-11-29(38)12-5-24/h4-17,20-21,23,33H,18-19,22H2,1-3H3,(H,40,43)(H,41,42). The number of rotatable bonds is 11. The minimum absolute atomic E-state index is 0.0473. The summed E-state index contributed by atoms with van der Waals surface area (Å²) >= 11 is 5.94. The fourth-order valence-electron chi connectivity index (χ4n) is 4.86. The number of hydrogen-bond donors (Lipinski definition) is 2. The van der Waals surface area contributed by atoms with Gasteiger partial charge >= 0.3 is 5.97 Å².